The third-order valence-electron chi connectivity index (χ3n) is 3.58. The Labute approximate surface area is 155 Å². The third-order valence-corrected chi connectivity index (χ3v) is 3.93. The number of non-ortho nitro benzene ring substituents is 1. The first kappa shape index (κ1) is 19.4. The number of carbonyl (C=O) groups excluding carboxylic acids is 2. The van der Waals surface area contributed by atoms with Crippen LogP contribution in [-0.2, 0) is 9.53 Å². The fourth-order valence-corrected chi connectivity index (χ4v) is 2.65. The molecule has 8 heteroatoms. The molecule has 0 bridgehead atoms. The number of hydrogen-bond acceptors (Lipinski definition) is 5. The number of carbonyl (C=O) groups is 2. The molecule has 2 aromatic carbocycles. The molecule has 0 aliphatic heterocycles. The number of hydrogen-bond donors (Lipinski definition) is 1. The van der Waals surface area contributed by atoms with E-state index in [1.807, 2.05) is 0 Å². The van der Waals surface area contributed by atoms with Gasteiger partial charge in [-0.05, 0) is 24.6 Å². The lowest BCUT2D eigenvalue weighted by Crippen LogP contribution is -2.31. The minimum atomic E-state index is -0.727. The summed E-state index contributed by atoms with van der Waals surface area (Å²) >= 11 is 6.18. The normalized spacial score (nSPS) is 11.5. The topological polar surface area (TPSA) is 98.5 Å². The zero-order valence-corrected chi connectivity index (χ0v) is 14.7. The highest BCUT2D eigenvalue weighted by molar-refractivity contribution is 6.31. The van der Waals surface area contributed by atoms with Gasteiger partial charge in [0.25, 0.3) is 11.6 Å². The summed E-state index contributed by atoms with van der Waals surface area (Å²) in [6, 6.07) is 11.4. The first-order chi connectivity index (χ1) is 12.4. The Kier molecular flexibility index (Phi) is 6.68. The fraction of sp³-hybridized carbons (Fsp3) is 0.222. The van der Waals surface area contributed by atoms with Crippen molar-refractivity contribution < 1.29 is 19.2 Å². The van der Waals surface area contributed by atoms with Gasteiger partial charge in [-0.15, -0.1) is 0 Å². The second-order valence-electron chi connectivity index (χ2n) is 5.36. The molecule has 0 saturated heterocycles. The number of ether oxygens (including phenoxy) is 1. The Morgan fingerprint density at radius 1 is 1.23 bits per heavy atom. The van der Waals surface area contributed by atoms with E-state index >= 15 is 0 Å². The standard InChI is InChI=1S/C18H17ClN2O5/c1-2-26-17(22)11-16(14-8-3-4-9-15(14)19)20-18(23)12-6-5-7-13(10-12)21(24)25/h3-10,16H,2,11H2,1H3,(H,20,23)/t16-/m0/s1. The molecule has 1 atom stereocenters. The van der Waals surface area contributed by atoms with Crippen molar-refractivity contribution in [2.24, 2.45) is 0 Å². The van der Waals surface area contributed by atoms with Gasteiger partial charge >= 0.3 is 5.97 Å². The highest BCUT2D eigenvalue weighted by atomic mass is 35.5. The van der Waals surface area contributed by atoms with Gasteiger partial charge in [0.05, 0.1) is 24.0 Å². The lowest BCUT2D eigenvalue weighted by Gasteiger charge is -2.19. The van der Waals surface area contributed by atoms with Gasteiger partial charge in [-0.3, -0.25) is 19.7 Å². The Hall–Kier alpha value is -2.93. The molecule has 2 aromatic rings. The predicted molar refractivity (Wildman–Crippen MR) is 96.0 cm³/mol. The van der Waals surface area contributed by atoms with E-state index in [1.165, 1.54) is 24.3 Å². The van der Waals surface area contributed by atoms with Gasteiger partial charge in [0.2, 0.25) is 0 Å². The van der Waals surface area contributed by atoms with Crippen LogP contribution in [0.3, 0.4) is 0 Å². The average Bonchev–Trinajstić information content (AvgIpc) is 2.62. The van der Waals surface area contributed by atoms with Crippen LogP contribution < -0.4 is 5.32 Å². The zero-order chi connectivity index (χ0) is 19.1. The number of rotatable bonds is 7. The van der Waals surface area contributed by atoms with Crippen LogP contribution in [0.5, 0.6) is 0 Å². The average molecular weight is 377 g/mol. The van der Waals surface area contributed by atoms with Crippen molar-refractivity contribution >= 4 is 29.2 Å². The molecule has 0 spiro atoms. The number of nitro groups is 1. The minimum Gasteiger partial charge on any atom is -0.466 e. The summed E-state index contributed by atoms with van der Waals surface area (Å²) < 4.78 is 4.95. The Balaban J connectivity index is 2.27. The van der Waals surface area contributed by atoms with Crippen molar-refractivity contribution in [1.29, 1.82) is 0 Å². The molecule has 0 heterocycles. The molecule has 0 fully saturated rings. The van der Waals surface area contributed by atoms with Gasteiger partial charge in [0, 0.05) is 22.7 Å². The Bertz CT molecular complexity index is 825. The van der Waals surface area contributed by atoms with Crippen LogP contribution in [0, 0.1) is 10.1 Å². The van der Waals surface area contributed by atoms with Crippen LogP contribution in [-0.4, -0.2) is 23.4 Å². The van der Waals surface area contributed by atoms with Crippen LogP contribution >= 0.6 is 11.6 Å². The van der Waals surface area contributed by atoms with E-state index in [4.69, 9.17) is 16.3 Å². The van der Waals surface area contributed by atoms with Crippen molar-refractivity contribution in [3.63, 3.8) is 0 Å². The van der Waals surface area contributed by atoms with Crippen molar-refractivity contribution in [1.82, 2.24) is 5.32 Å². The van der Waals surface area contributed by atoms with Crippen LogP contribution in [0.4, 0.5) is 5.69 Å². The van der Waals surface area contributed by atoms with Crippen molar-refractivity contribution in [2.45, 2.75) is 19.4 Å². The molecule has 0 unspecified atom stereocenters. The summed E-state index contributed by atoms with van der Waals surface area (Å²) in [5, 5.41) is 14.0. The molecule has 0 aliphatic carbocycles. The Morgan fingerprint density at radius 2 is 1.96 bits per heavy atom. The van der Waals surface area contributed by atoms with E-state index in [0.29, 0.717) is 10.6 Å². The van der Waals surface area contributed by atoms with Gasteiger partial charge in [-0.1, -0.05) is 35.9 Å². The van der Waals surface area contributed by atoms with Crippen LogP contribution in [0.25, 0.3) is 0 Å². The van der Waals surface area contributed by atoms with E-state index in [9.17, 15) is 19.7 Å². The lowest BCUT2D eigenvalue weighted by molar-refractivity contribution is -0.384. The SMILES string of the molecule is CCOC(=O)C[C@H](NC(=O)c1cccc([N+](=O)[O-])c1)c1ccccc1Cl. The second kappa shape index (κ2) is 8.96. The van der Waals surface area contributed by atoms with Gasteiger partial charge in [-0.2, -0.15) is 0 Å². The van der Waals surface area contributed by atoms with Gasteiger partial charge < -0.3 is 10.1 Å². The van der Waals surface area contributed by atoms with Crippen LogP contribution in [0.2, 0.25) is 5.02 Å². The largest absolute Gasteiger partial charge is 0.466 e. The summed E-state index contributed by atoms with van der Waals surface area (Å²) in [7, 11) is 0. The van der Waals surface area contributed by atoms with Gasteiger partial charge in [0.15, 0.2) is 0 Å². The first-order valence-corrected chi connectivity index (χ1v) is 8.25. The van der Waals surface area contributed by atoms with Crippen LogP contribution in [0.1, 0.15) is 35.3 Å². The maximum Gasteiger partial charge on any atom is 0.308 e. The number of halogens is 1. The second-order valence-corrected chi connectivity index (χ2v) is 5.77. The molecule has 2 rings (SSSR count). The molecule has 1 amide bonds. The molecule has 0 aliphatic rings. The molecule has 1 N–H and O–H groups in total. The maximum atomic E-state index is 12.5. The van der Waals surface area contributed by atoms with Crippen molar-refractivity contribution in [2.75, 3.05) is 6.61 Å². The minimum absolute atomic E-state index is 0.111. The van der Waals surface area contributed by atoms with Crippen molar-refractivity contribution in [3.8, 4) is 0 Å². The van der Waals surface area contributed by atoms with Crippen LogP contribution in [0.15, 0.2) is 48.5 Å². The molecule has 0 radical (unpaired) electrons. The fourth-order valence-electron chi connectivity index (χ4n) is 2.39. The molecule has 136 valence electrons. The number of nitrogens with one attached hydrogen (secondary N) is 1. The van der Waals surface area contributed by atoms with E-state index in [0.717, 1.165) is 0 Å². The first-order valence-electron chi connectivity index (χ1n) is 7.87. The number of nitro benzene ring substituents is 1. The summed E-state index contributed by atoms with van der Waals surface area (Å²) in [5.41, 5.74) is 0.471. The number of esters is 1. The van der Waals surface area contributed by atoms with E-state index < -0.39 is 22.8 Å². The summed E-state index contributed by atoms with van der Waals surface area (Å²) in [5.74, 6) is -1.04. The van der Waals surface area contributed by atoms with E-state index in [-0.39, 0.29) is 24.3 Å². The molecular formula is C18H17ClN2O5. The lowest BCUT2D eigenvalue weighted by atomic mass is 10.0. The third kappa shape index (κ3) is 5.03. The van der Waals surface area contributed by atoms with Gasteiger partial charge in [-0.25, -0.2) is 0 Å². The summed E-state index contributed by atoms with van der Waals surface area (Å²) in [4.78, 5) is 34.7. The van der Waals surface area contributed by atoms with Gasteiger partial charge in [0.1, 0.15) is 0 Å². The Morgan fingerprint density at radius 3 is 2.62 bits per heavy atom. The van der Waals surface area contributed by atoms with E-state index in [2.05, 4.69) is 5.32 Å². The zero-order valence-electron chi connectivity index (χ0n) is 14.0. The monoisotopic (exact) mass is 376 g/mol. The maximum absolute atomic E-state index is 12.5. The highest BCUT2D eigenvalue weighted by Gasteiger charge is 2.22. The quantitative estimate of drug-likeness (QED) is 0.451. The molecular weight excluding hydrogens is 360 g/mol. The number of nitrogens with zero attached hydrogens (tertiary/aromatic N) is 1. The molecule has 7 nitrogen and oxygen atoms in total. The number of benzene rings is 2. The highest BCUT2D eigenvalue weighted by Crippen LogP contribution is 2.26. The van der Waals surface area contributed by atoms with Crippen molar-refractivity contribution in [3.05, 3.63) is 74.8 Å². The molecule has 0 aromatic heterocycles. The molecule has 0 saturated carbocycles. The van der Waals surface area contributed by atoms with E-state index in [1.54, 1.807) is 31.2 Å². The summed E-state index contributed by atoms with van der Waals surface area (Å²) in [6.45, 7) is 1.90. The smallest absolute Gasteiger partial charge is 0.308 e. The molecule has 26 heavy (non-hydrogen) atoms. The predicted octanol–water partition coefficient (Wildman–Crippen LogP) is 3.67. The number of amides is 1. The summed E-state index contributed by atoms with van der Waals surface area (Å²) in [6.07, 6.45) is -0.113.